The Kier molecular flexibility index (Phi) is 4.62. The average molecular weight is 369 g/mol. The van der Waals surface area contributed by atoms with Crippen molar-refractivity contribution >= 4 is 23.2 Å². The van der Waals surface area contributed by atoms with Crippen molar-refractivity contribution in [1.29, 1.82) is 0 Å². The second kappa shape index (κ2) is 7.24. The predicted molar refractivity (Wildman–Crippen MR) is 108 cm³/mol. The minimum atomic E-state index is -0.335. The molecule has 1 aliphatic rings. The second-order valence-electron chi connectivity index (χ2n) is 6.79. The van der Waals surface area contributed by atoms with E-state index in [1.807, 2.05) is 37.3 Å². The van der Waals surface area contributed by atoms with Crippen molar-refractivity contribution in [3.05, 3.63) is 101 Å². The van der Waals surface area contributed by atoms with Crippen LogP contribution in [0.4, 0.5) is 5.69 Å². The summed E-state index contributed by atoms with van der Waals surface area (Å²) in [5.74, 6) is -0.967. The lowest BCUT2D eigenvalue weighted by Crippen LogP contribution is -2.26. The van der Waals surface area contributed by atoms with Crippen LogP contribution in [0.2, 0.25) is 0 Å². The van der Waals surface area contributed by atoms with Crippen LogP contribution in [0.5, 0.6) is 0 Å². The van der Waals surface area contributed by atoms with Gasteiger partial charge in [0.15, 0.2) is 11.6 Å². The summed E-state index contributed by atoms with van der Waals surface area (Å²) in [4.78, 5) is 38.9. The molecule has 1 unspecified atom stereocenters. The van der Waals surface area contributed by atoms with Gasteiger partial charge < -0.3 is 5.32 Å². The maximum atomic E-state index is 13.1. The Balaban J connectivity index is 1.72. The molecule has 138 valence electrons. The van der Waals surface area contributed by atoms with Gasteiger partial charge in [-0.2, -0.15) is 0 Å². The van der Waals surface area contributed by atoms with Gasteiger partial charge in [0.05, 0.1) is 17.2 Å². The summed E-state index contributed by atoms with van der Waals surface area (Å²) in [5.41, 5.74) is 2.66. The van der Waals surface area contributed by atoms with Gasteiger partial charge >= 0.3 is 0 Å². The molecule has 3 aromatic rings. The normalized spacial score (nSPS) is 13.5. The zero-order valence-electron chi connectivity index (χ0n) is 15.4. The van der Waals surface area contributed by atoms with Crippen molar-refractivity contribution < 1.29 is 14.4 Å². The number of hydrogen-bond acceptors (Lipinski definition) is 3. The molecule has 1 amide bonds. The first kappa shape index (κ1) is 17.9. The van der Waals surface area contributed by atoms with Gasteiger partial charge in [-0.3, -0.25) is 14.4 Å². The maximum absolute atomic E-state index is 13.1. The van der Waals surface area contributed by atoms with Crippen molar-refractivity contribution in [3.8, 4) is 0 Å². The van der Waals surface area contributed by atoms with Crippen molar-refractivity contribution in [3.63, 3.8) is 0 Å². The van der Waals surface area contributed by atoms with Crippen molar-refractivity contribution in [2.24, 2.45) is 0 Å². The lowest BCUT2D eigenvalue weighted by Gasteiger charge is -2.22. The molecule has 3 aromatic carbocycles. The number of anilines is 1. The summed E-state index contributed by atoms with van der Waals surface area (Å²) in [6.45, 7) is 1.95. The first-order valence-corrected chi connectivity index (χ1v) is 9.29. The Morgan fingerprint density at radius 1 is 0.786 bits per heavy atom. The van der Waals surface area contributed by atoms with E-state index in [1.54, 1.807) is 42.5 Å². The molecule has 0 saturated heterocycles. The molecule has 0 radical (unpaired) electrons. The molecule has 4 rings (SSSR count). The van der Waals surface area contributed by atoms with Gasteiger partial charge in [-0.25, -0.2) is 0 Å². The molecule has 4 nitrogen and oxygen atoms in total. The number of nitrogens with one attached hydrogen (secondary N) is 1. The Morgan fingerprint density at radius 3 is 2.07 bits per heavy atom. The monoisotopic (exact) mass is 369 g/mol. The number of carbonyl (C=O) groups is 3. The van der Waals surface area contributed by atoms with Crippen LogP contribution in [0.3, 0.4) is 0 Å². The zero-order chi connectivity index (χ0) is 19.7. The van der Waals surface area contributed by atoms with Crippen molar-refractivity contribution in [2.45, 2.75) is 19.3 Å². The van der Waals surface area contributed by atoms with Gasteiger partial charge in [-0.05, 0) is 18.1 Å². The number of fused-ring (bicyclic) bond motifs is 2. The van der Waals surface area contributed by atoms with E-state index in [0.29, 0.717) is 28.8 Å². The third-order valence-corrected chi connectivity index (χ3v) is 5.14. The minimum Gasteiger partial charge on any atom is -0.325 e. The summed E-state index contributed by atoms with van der Waals surface area (Å²) < 4.78 is 0. The van der Waals surface area contributed by atoms with Crippen molar-refractivity contribution in [2.75, 3.05) is 5.32 Å². The number of carbonyl (C=O) groups excluding carboxylic acids is 3. The first-order chi connectivity index (χ1) is 13.6. The largest absolute Gasteiger partial charge is 0.325 e. The van der Waals surface area contributed by atoms with Crippen LogP contribution in [-0.2, 0) is 4.79 Å². The highest BCUT2D eigenvalue weighted by Crippen LogP contribution is 2.32. The van der Waals surface area contributed by atoms with E-state index in [9.17, 15) is 14.4 Å². The van der Waals surface area contributed by atoms with Crippen LogP contribution in [0.15, 0.2) is 72.8 Å². The molecule has 0 saturated carbocycles. The van der Waals surface area contributed by atoms with E-state index >= 15 is 0 Å². The van der Waals surface area contributed by atoms with E-state index in [2.05, 4.69) is 5.32 Å². The van der Waals surface area contributed by atoms with E-state index < -0.39 is 0 Å². The highest BCUT2D eigenvalue weighted by molar-refractivity contribution is 6.30. The molecule has 1 aliphatic carbocycles. The maximum Gasteiger partial charge on any atom is 0.231 e. The Labute approximate surface area is 163 Å². The van der Waals surface area contributed by atoms with E-state index in [0.717, 1.165) is 5.56 Å². The fourth-order valence-electron chi connectivity index (χ4n) is 3.73. The minimum absolute atomic E-state index is 0.193. The smallest absolute Gasteiger partial charge is 0.231 e. The molecule has 0 fully saturated rings. The van der Waals surface area contributed by atoms with E-state index in [4.69, 9.17) is 0 Å². The summed E-state index contributed by atoms with van der Waals surface area (Å²) in [7, 11) is 0. The molecule has 0 aliphatic heterocycles. The fourth-order valence-corrected chi connectivity index (χ4v) is 3.73. The molecular weight excluding hydrogens is 350 g/mol. The molecule has 0 spiro atoms. The summed E-state index contributed by atoms with van der Waals surface area (Å²) in [5, 5.41) is 2.89. The standard InChI is InChI=1S/C24H19NO3/c1-2-16(15-9-4-3-5-10-15)24(28)25-20-14-8-13-19-21(20)23(27)18-12-7-6-11-17(18)22(19)26/h3-14,16H,2H2,1H3,(H,25,28). The van der Waals surface area contributed by atoms with E-state index in [1.165, 1.54) is 0 Å². The van der Waals surface area contributed by atoms with Gasteiger partial charge in [0.1, 0.15) is 0 Å². The van der Waals surface area contributed by atoms with Gasteiger partial charge in [-0.15, -0.1) is 0 Å². The number of hydrogen-bond donors (Lipinski definition) is 1. The van der Waals surface area contributed by atoms with Gasteiger partial charge in [0.2, 0.25) is 5.91 Å². The number of ketones is 2. The number of benzene rings is 3. The molecule has 1 N–H and O–H groups in total. The summed E-state index contributed by atoms with van der Waals surface area (Å²) in [6, 6.07) is 21.3. The lowest BCUT2D eigenvalue weighted by molar-refractivity contribution is -0.117. The third kappa shape index (κ3) is 2.93. The van der Waals surface area contributed by atoms with Gasteiger partial charge in [0, 0.05) is 16.7 Å². The van der Waals surface area contributed by atoms with E-state index in [-0.39, 0.29) is 29.0 Å². The zero-order valence-corrected chi connectivity index (χ0v) is 15.4. The predicted octanol–water partition coefficient (Wildman–Crippen LogP) is 4.59. The summed E-state index contributed by atoms with van der Waals surface area (Å²) in [6.07, 6.45) is 0.626. The molecule has 28 heavy (non-hydrogen) atoms. The highest BCUT2D eigenvalue weighted by atomic mass is 16.2. The Hall–Kier alpha value is -3.53. The van der Waals surface area contributed by atoms with Crippen LogP contribution < -0.4 is 5.32 Å². The molecule has 0 bridgehead atoms. The van der Waals surface area contributed by atoms with Crippen LogP contribution in [-0.4, -0.2) is 17.5 Å². The quantitative estimate of drug-likeness (QED) is 0.572. The fraction of sp³-hybridized carbons (Fsp3) is 0.125. The topological polar surface area (TPSA) is 63.2 Å². The highest BCUT2D eigenvalue weighted by Gasteiger charge is 2.32. The third-order valence-electron chi connectivity index (χ3n) is 5.14. The Morgan fingerprint density at radius 2 is 1.39 bits per heavy atom. The molecule has 0 heterocycles. The lowest BCUT2D eigenvalue weighted by atomic mass is 9.83. The summed E-state index contributed by atoms with van der Waals surface area (Å²) >= 11 is 0. The van der Waals surface area contributed by atoms with Gasteiger partial charge in [0.25, 0.3) is 0 Å². The molecule has 0 aromatic heterocycles. The van der Waals surface area contributed by atoms with Crippen molar-refractivity contribution in [1.82, 2.24) is 0 Å². The molecule has 1 atom stereocenters. The first-order valence-electron chi connectivity index (χ1n) is 9.29. The Bertz CT molecular complexity index is 1090. The average Bonchev–Trinajstić information content (AvgIpc) is 2.73. The second-order valence-corrected chi connectivity index (χ2v) is 6.79. The van der Waals surface area contributed by atoms with Crippen LogP contribution >= 0.6 is 0 Å². The number of rotatable bonds is 4. The molecule has 4 heteroatoms. The van der Waals surface area contributed by atoms with Crippen LogP contribution in [0.1, 0.15) is 56.7 Å². The SMILES string of the molecule is CCC(C(=O)Nc1cccc2c1C(=O)c1ccccc1C2=O)c1ccccc1. The van der Waals surface area contributed by atoms with Crippen LogP contribution in [0.25, 0.3) is 0 Å². The number of amides is 1. The van der Waals surface area contributed by atoms with Crippen LogP contribution in [0, 0.1) is 0 Å². The molecular formula is C24H19NO3. The van der Waals surface area contributed by atoms with Gasteiger partial charge in [-0.1, -0.05) is 73.7 Å².